The highest BCUT2D eigenvalue weighted by molar-refractivity contribution is 5.80. The Balaban J connectivity index is 2.29. The van der Waals surface area contributed by atoms with Gasteiger partial charge in [-0.3, -0.25) is 14.2 Å². The fourth-order valence-electron chi connectivity index (χ4n) is 2.17. The average Bonchev–Trinajstić information content (AvgIpc) is 2.50. The van der Waals surface area contributed by atoms with Crippen molar-refractivity contribution in [1.29, 1.82) is 5.26 Å². The van der Waals surface area contributed by atoms with Crippen LogP contribution in [0, 0.1) is 24.2 Å². The summed E-state index contributed by atoms with van der Waals surface area (Å²) in [4.78, 5) is 28.9. The standard InChI is InChI=1S/C17H20N4O2/c1-11(2)17(4,9-18)20-15(22)8-21-10-19-14-6-5-12(3)7-13(14)16(21)23/h5-7,10-11H,8H2,1-4H3,(H,20,22)/t17-/m1/s1. The van der Waals surface area contributed by atoms with Gasteiger partial charge in [0.1, 0.15) is 12.1 Å². The molecule has 2 rings (SSSR count). The van der Waals surface area contributed by atoms with Crippen LogP contribution >= 0.6 is 0 Å². The van der Waals surface area contributed by atoms with Gasteiger partial charge in [0, 0.05) is 0 Å². The minimum absolute atomic E-state index is 0.0504. The van der Waals surface area contributed by atoms with Crippen molar-refractivity contribution in [3.8, 4) is 6.07 Å². The number of nitrogens with zero attached hydrogens (tertiary/aromatic N) is 3. The van der Waals surface area contributed by atoms with Gasteiger partial charge < -0.3 is 5.32 Å². The quantitative estimate of drug-likeness (QED) is 0.931. The lowest BCUT2D eigenvalue weighted by molar-refractivity contribution is -0.123. The smallest absolute Gasteiger partial charge is 0.261 e. The van der Waals surface area contributed by atoms with Crippen LogP contribution in [0.25, 0.3) is 10.9 Å². The van der Waals surface area contributed by atoms with Crippen LogP contribution in [0.4, 0.5) is 0 Å². The van der Waals surface area contributed by atoms with Gasteiger partial charge in [0.15, 0.2) is 0 Å². The number of hydrogen-bond donors (Lipinski definition) is 1. The highest BCUT2D eigenvalue weighted by Crippen LogP contribution is 2.15. The summed E-state index contributed by atoms with van der Waals surface area (Å²) in [6.07, 6.45) is 1.36. The fourth-order valence-corrected chi connectivity index (χ4v) is 2.17. The molecule has 0 aliphatic rings. The van der Waals surface area contributed by atoms with Gasteiger partial charge in [-0.05, 0) is 31.9 Å². The Labute approximate surface area is 134 Å². The van der Waals surface area contributed by atoms with Gasteiger partial charge in [-0.25, -0.2) is 4.98 Å². The average molecular weight is 312 g/mol. The summed E-state index contributed by atoms with van der Waals surface area (Å²) >= 11 is 0. The van der Waals surface area contributed by atoms with Crippen molar-refractivity contribution in [3.63, 3.8) is 0 Å². The van der Waals surface area contributed by atoms with Crippen molar-refractivity contribution in [3.05, 3.63) is 40.4 Å². The Bertz CT molecular complexity index is 848. The zero-order chi connectivity index (χ0) is 17.2. The number of nitrogens with one attached hydrogen (secondary N) is 1. The molecule has 0 saturated carbocycles. The number of fused-ring (bicyclic) bond motifs is 1. The summed E-state index contributed by atoms with van der Waals surface area (Å²) in [5, 5.41) is 12.4. The molecule has 1 atom stereocenters. The van der Waals surface area contributed by atoms with Gasteiger partial charge in [0.2, 0.25) is 5.91 Å². The predicted octanol–water partition coefficient (Wildman–Crippen LogP) is 1.76. The number of aryl methyl sites for hydroxylation is 1. The van der Waals surface area contributed by atoms with Crippen LogP contribution in [-0.4, -0.2) is 21.0 Å². The molecule has 1 heterocycles. The maximum Gasteiger partial charge on any atom is 0.261 e. The lowest BCUT2D eigenvalue weighted by Gasteiger charge is -2.27. The summed E-state index contributed by atoms with van der Waals surface area (Å²) in [5.41, 5.74) is 0.315. The molecular formula is C17H20N4O2. The van der Waals surface area contributed by atoms with Crippen LogP contribution in [-0.2, 0) is 11.3 Å². The van der Waals surface area contributed by atoms with E-state index in [-0.39, 0.29) is 18.0 Å². The molecule has 0 spiro atoms. The van der Waals surface area contributed by atoms with E-state index >= 15 is 0 Å². The summed E-state index contributed by atoms with van der Waals surface area (Å²) in [6.45, 7) is 7.11. The third-order valence-corrected chi connectivity index (χ3v) is 4.08. The Hall–Kier alpha value is -2.68. The molecule has 0 radical (unpaired) electrons. The Morgan fingerprint density at radius 2 is 2.17 bits per heavy atom. The second-order valence-corrected chi connectivity index (χ2v) is 6.22. The van der Waals surface area contributed by atoms with Crippen molar-refractivity contribution < 1.29 is 4.79 Å². The molecular weight excluding hydrogens is 292 g/mol. The fraction of sp³-hybridized carbons (Fsp3) is 0.412. The largest absolute Gasteiger partial charge is 0.336 e. The number of carbonyl (C=O) groups is 1. The molecule has 0 aliphatic heterocycles. The number of rotatable bonds is 4. The number of benzene rings is 1. The highest BCUT2D eigenvalue weighted by atomic mass is 16.2. The van der Waals surface area contributed by atoms with Gasteiger partial charge in [-0.15, -0.1) is 0 Å². The molecule has 1 N–H and O–H groups in total. The maximum atomic E-state index is 12.5. The minimum Gasteiger partial charge on any atom is -0.336 e. The predicted molar refractivity (Wildman–Crippen MR) is 87.7 cm³/mol. The first-order valence-corrected chi connectivity index (χ1v) is 7.45. The van der Waals surface area contributed by atoms with E-state index in [4.69, 9.17) is 0 Å². The second kappa shape index (κ2) is 6.21. The van der Waals surface area contributed by atoms with Crippen LogP contribution in [0.1, 0.15) is 26.3 Å². The van der Waals surface area contributed by atoms with Crippen LogP contribution in [0.2, 0.25) is 0 Å². The third kappa shape index (κ3) is 3.39. The van der Waals surface area contributed by atoms with E-state index in [9.17, 15) is 14.9 Å². The highest BCUT2D eigenvalue weighted by Gasteiger charge is 2.30. The van der Waals surface area contributed by atoms with E-state index in [1.807, 2.05) is 26.8 Å². The van der Waals surface area contributed by atoms with Crippen molar-refractivity contribution in [2.24, 2.45) is 5.92 Å². The van der Waals surface area contributed by atoms with Crippen molar-refractivity contribution >= 4 is 16.8 Å². The zero-order valence-electron chi connectivity index (χ0n) is 13.8. The van der Waals surface area contributed by atoms with E-state index in [0.29, 0.717) is 10.9 Å². The molecule has 0 aliphatic carbocycles. The third-order valence-electron chi connectivity index (χ3n) is 4.08. The summed E-state index contributed by atoms with van der Waals surface area (Å²) in [5.74, 6) is -0.441. The molecule has 1 aromatic heterocycles. The van der Waals surface area contributed by atoms with Crippen LogP contribution < -0.4 is 10.9 Å². The number of carbonyl (C=O) groups excluding carboxylic acids is 1. The van der Waals surface area contributed by atoms with Crippen molar-refractivity contribution in [2.75, 3.05) is 0 Å². The molecule has 0 unspecified atom stereocenters. The van der Waals surface area contributed by atoms with E-state index in [1.54, 1.807) is 19.1 Å². The van der Waals surface area contributed by atoms with Gasteiger partial charge in [-0.2, -0.15) is 5.26 Å². The summed E-state index contributed by atoms with van der Waals surface area (Å²) in [7, 11) is 0. The molecule has 1 aromatic carbocycles. The summed E-state index contributed by atoms with van der Waals surface area (Å²) < 4.78 is 1.26. The van der Waals surface area contributed by atoms with E-state index < -0.39 is 11.4 Å². The van der Waals surface area contributed by atoms with Crippen molar-refractivity contribution in [1.82, 2.24) is 14.9 Å². The van der Waals surface area contributed by atoms with Crippen molar-refractivity contribution in [2.45, 2.75) is 39.8 Å². The molecule has 0 fully saturated rings. The number of aromatic nitrogens is 2. The molecule has 0 bridgehead atoms. The second-order valence-electron chi connectivity index (χ2n) is 6.22. The van der Waals surface area contributed by atoms with Crippen LogP contribution in [0.3, 0.4) is 0 Å². The topological polar surface area (TPSA) is 87.8 Å². The molecule has 120 valence electrons. The monoisotopic (exact) mass is 312 g/mol. The first-order chi connectivity index (χ1) is 10.8. The number of amides is 1. The van der Waals surface area contributed by atoms with E-state index in [1.165, 1.54) is 10.9 Å². The minimum atomic E-state index is -0.971. The first-order valence-electron chi connectivity index (χ1n) is 7.45. The van der Waals surface area contributed by atoms with Gasteiger partial charge >= 0.3 is 0 Å². The van der Waals surface area contributed by atoms with E-state index in [0.717, 1.165) is 5.56 Å². The molecule has 1 amide bonds. The number of hydrogen-bond acceptors (Lipinski definition) is 4. The molecule has 23 heavy (non-hydrogen) atoms. The SMILES string of the molecule is Cc1ccc2ncn(CC(=O)N[C@](C)(C#N)C(C)C)c(=O)c2c1. The van der Waals surface area contributed by atoms with Crippen LogP contribution in [0.15, 0.2) is 29.3 Å². The number of nitriles is 1. The Morgan fingerprint density at radius 3 is 2.78 bits per heavy atom. The van der Waals surface area contributed by atoms with Gasteiger partial charge in [-0.1, -0.05) is 25.5 Å². The normalized spacial score (nSPS) is 13.6. The zero-order valence-corrected chi connectivity index (χ0v) is 13.8. The Morgan fingerprint density at radius 1 is 1.48 bits per heavy atom. The molecule has 6 heteroatoms. The molecule has 0 saturated heterocycles. The maximum absolute atomic E-state index is 12.5. The lowest BCUT2D eigenvalue weighted by atomic mass is 9.90. The molecule has 2 aromatic rings. The van der Waals surface area contributed by atoms with E-state index in [2.05, 4.69) is 16.4 Å². The van der Waals surface area contributed by atoms with Gasteiger partial charge in [0.25, 0.3) is 5.56 Å². The van der Waals surface area contributed by atoms with Gasteiger partial charge in [0.05, 0.1) is 23.3 Å². The molecule has 6 nitrogen and oxygen atoms in total. The lowest BCUT2D eigenvalue weighted by Crippen LogP contribution is -2.50. The summed E-state index contributed by atoms with van der Waals surface area (Å²) in [6, 6.07) is 7.53. The first kappa shape index (κ1) is 16.7. The Kier molecular flexibility index (Phi) is 4.50. The van der Waals surface area contributed by atoms with Crippen LogP contribution in [0.5, 0.6) is 0 Å².